The predicted molar refractivity (Wildman–Crippen MR) is 115 cm³/mol. The highest BCUT2D eigenvalue weighted by Gasteiger charge is 2.50. The van der Waals surface area contributed by atoms with Crippen LogP contribution in [0.3, 0.4) is 0 Å². The Morgan fingerprint density at radius 2 is 1.67 bits per heavy atom. The van der Waals surface area contributed by atoms with E-state index in [1.807, 2.05) is 12.1 Å². The van der Waals surface area contributed by atoms with Crippen LogP contribution in [0, 0.1) is 18.6 Å². The van der Waals surface area contributed by atoms with Crippen LogP contribution >= 0.6 is 12.2 Å². The van der Waals surface area contributed by atoms with Crippen LogP contribution in [0.5, 0.6) is 0 Å². The molecule has 0 atom stereocenters. The second kappa shape index (κ2) is 6.84. The summed E-state index contributed by atoms with van der Waals surface area (Å²) in [5.74, 6) is -2.00. The van der Waals surface area contributed by atoms with Crippen LogP contribution in [0.4, 0.5) is 20.2 Å². The number of benzene rings is 2. The van der Waals surface area contributed by atoms with Crippen molar-refractivity contribution in [3.05, 3.63) is 58.7 Å². The maximum Gasteiger partial charge on any atom is 0.259 e. The van der Waals surface area contributed by atoms with E-state index < -0.39 is 23.1 Å². The van der Waals surface area contributed by atoms with Crippen LogP contribution in [0.25, 0.3) is 0 Å². The summed E-state index contributed by atoms with van der Waals surface area (Å²) in [5.41, 5.74) is 0.900. The maximum atomic E-state index is 14.2. The van der Waals surface area contributed by atoms with Gasteiger partial charge in [0.15, 0.2) is 5.11 Å². The highest BCUT2D eigenvalue weighted by molar-refractivity contribution is 7.81. The molecule has 2 aromatic rings. The average molecular weight is 429 g/mol. The van der Waals surface area contributed by atoms with Gasteiger partial charge >= 0.3 is 0 Å². The van der Waals surface area contributed by atoms with E-state index in [9.17, 15) is 18.4 Å². The number of carbonyl (C=O) groups excluding carboxylic acids is 2. The van der Waals surface area contributed by atoms with Gasteiger partial charge in [0.05, 0.1) is 5.69 Å². The van der Waals surface area contributed by atoms with Crippen LogP contribution < -0.4 is 9.80 Å². The molecule has 156 valence electrons. The zero-order valence-electron chi connectivity index (χ0n) is 17.1. The number of nitrogens with zero attached hydrogens (tertiary/aromatic N) is 3. The Hall–Kier alpha value is -2.87. The molecule has 8 heteroatoms. The number of hydrogen-bond acceptors (Lipinski definition) is 3. The summed E-state index contributed by atoms with van der Waals surface area (Å²) in [5, 5.41) is 0.101. The summed E-state index contributed by atoms with van der Waals surface area (Å²) in [6.07, 6.45) is 0.749. The number of likely N-dealkylation sites (N-methyl/N-ethyl adjacent to an activating group) is 1. The smallest absolute Gasteiger partial charge is 0.259 e. The van der Waals surface area contributed by atoms with Crippen LogP contribution in [-0.4, -0.2) is 41.0 Å². The van der Waals surface area contributed by atoms with Crippen molar-refractivity contribution in [2.45, 2.75) is 32.7 Å². The minimum absolute atomic E-state index is 0.0370. The molecule has 30 heavy (non-hydrogen) atoms. The van der Waals surface area contributed by atoms with Crippen LogP contribution in [0.2, 0.25) is 0 Å². The Morgan fingerprint density at radius 1 is 1.03 bits per heavy atom. The first kappa shape index (κ1) is 20.4. The minimum atomic E-state index is -1.10. The van der Waals surface area contributed by atoms with Crippen LogP contribution in [0.1, 0.15) is 35.3 Å². The molecule has 0 radical (unpaired) electrons. The van der Waals surface area contributed by atoms with Crippen molar-refractivity contribution in [1.29, 1.82) is 0 Å². The molecular weight excluding hydrogens is 408 g/mol. The molecule has 2 heterocycles. The number of hydrogen-bond donors (Lipinski definition) is 0. The minimum Gasteiger partial charge on any atom is -0.341 e. The van der Waals surface area contributed by atoms with E-state index in [2.05, 4.69) is 0 Å². The summed E-state index contributed by atoms with van der Waals surface area (Å²) in [7, 11) is 1.74. The Kier molecular flexibility index (Phi) is 4.65. The van der Waals surface area contributed by atoms with Gasteiger partial charge in [0.25, 0.3) is 11.8 Å². The lowest BCUT2D eigenvalue weighted by atomic mass is 9.97. The van der Waals surface area contributed by atoms with E-state index in [1.54, 1.807) is 36.8 Å². The fourth-order valence-corrected chi connectivity index (χ4v) is 4.46. The molecule has 0 saturated carbocycles. The van der Waals surface area contributed by atoms with Crippen LogP contribution in [-0.2, 0) is 11.2 Å². The van der Waals surface area contributed by atoms with Crippen molar-refractivity contribution in [2.75, 3.05) is 23.4 Å². The summed E-state index contributed by atoms with van der Waals surface area (Å²) >= 11 is 5.57. The lowest BCUT2D eigenvalue weighted by molar-refractivity contribution is -0.120. The third-order valence-corrected chi connectivity index (χ3v) is 6.20. The molecule has 5 nitrogen and oxygen atoms in total. The lowest BCUT2D eigenvalue weighted by Crippen LogP contribution is -2.44. The fraction of sp³-hybridized carbons (Fsp3) is 0.318. The number of halogens is 2. The van der Waals surface area contributed by atoms with Gasteiger partial charge in [0, 0.05) is 30.4 Å². The molecule has 0 unspecified atom stereocenters. The van der Waals surface area contributed by atoms with Gasteiger partial charge in [-0.05, 0) is 69.2 Å². The summed E-state index contributed by atoms with van der Waals surface area (Å²) < 4.78 is 28.3. The lowest BCUT2D eigenvalue weighted by Gasteiger charge is -2.31. The van der Waals surface area contributed by atoms with Crippen molar-refractivity contribution in [3.63, 3.8) is 0 Å². The quantitative estimate of drug-likeness (QED) is 0.681. The zero-order valence-corrected chi connectivity index (χ0v) is 17.9. The molecule has 1 saturated heterocycles. The van der Waals surface area contributed by atoms with Gasteiger partial charge in [-0.25, -0.2) is 8.78 Å². The van der Waals surface area contributed by atoms with Gasteiger partial charge < -0.3 is 9.80 Å². The van der Waals surface area contributed by atoms with Crippen LogP contribution in [0.15, 0.2) is 30.3 Å². The summed E-state index contributed by atoms with van der Waals surface area (Å²) in [6, 6.07) is 7.63. The van der Waals surface area contributed by atoms with Crippen molar-refractivity contribution >= 4 is 40.5 Å². The van der Waals surface area contributed by atoms with E-state index in [-0.39, 0.29) is 22.3 Å². The molecule has 0 aliphatic carbocycles. The van der Waals surface area contributed by atoms with Gasteiger partial charge in [-0.3, -0.25) is 14.5 Å². The van der Waals surface area contributed by atoms with Crippen molar-refractivity contribution in [1.82, 2.24) is 4.90 Å². The molecule has 0 N–H and O–H groups in total. The van der Waals surface area contributed by atoms with E-state index in [0.717, 1.165) is 29.0 Å². The van der Waals surface area contributed by atoms with Gasteiger partial charge in [0.2, 0.25) is 0 Å². The third-order valence-electron chi connectivity index (χ3n) is 5.84. The number of rotatable bonds is 2. The topological polar surface area (TPSA) is 43.9 Å². The summed E-state index contributed by atoms with van der Waals surface area (Å²) in [6.45, 7) is 5.36. The Morgan fingerprint density at radius 3 is 2.30 bits per heavy atom. The molecule has 2 aliphatic rings. The maximum absolute atomic E-state index is 14.2. The number of amides is 2. The largest absolute Gasteiger partial charge is 0.341 e. The van der Waals surface area contributed by atoms with Crippen molar-refractivity contribution in [3.8, 4) is 0 Å². The number of carbonyl (C=O) groups is 2. The van der Waals surface area contributed by atoms with E-state index >= 15 is 0 Å². The van der Waals surface area contributed by atoms with E-state index in [1.165, 1.54) is 6.92 Å². The molecule has 2 amide bonds. The monoisotopic (exact) mass is 429 g/mol. The predicted octanol–water partition coefficient (Wildman–Crippen LogP) is 3.82. The zero-order chi connectivity index (χ0) is 22.0. The number of thiocarbonyl (C=S) groups is 1. The fourth-order valence-electron chi connectivity index (χ4n) is 3.93. The Balaban J connectivity index is 1.80. The second-order valence-corrected chi connectivity index (χ2v) is 8.54. The highest BCUT2D eigenvalue weighted by atomic mass is 32.1. The first-order valence-electron chi connectivity index (χ1n) is 9.57. The number of anilines is 2. The Labute approximate surface area is 178 Å². The van der Waals surface area contributed by atoms with E-state index in [0.29, 0.717) is 17.8 Å². The second-order valence-electron chi connectivity index (χ2n) is 8.17. The van der Waals surface area contributed by atoms with Crippen molar-refractivity contribution < 1.29 is 18.4 Å². The molecule has 2 aromatic carbocycles. The van der Waals surface area contributed by atoms with Gasteiger partial charge in [-0.15, -0.1) is 0 Å². The molecular formula is C22H21F2N3O2S. The first-order valence-corrected chi connectivity index (χ1v) is 9.97. The number of fused-ring (bicyclic) bond motifs is 1. The standard InChI is InChI=1S/C22H21F2N3O2S/c1-12-17(23)10-15(11-18(12)24)26-20(29)22(2,3)27(21(26)30)14-6-5-13-7-8-25(4)19(28)16(13)9-14/h5-6,9-11H,7-8H2,1-4H3. The SMILES string of the molecule is Cc1c(F)cc(N2C(=O)C(C)(C)N(c3ccc4c(c3)C(=O)N(C)CC4)C2=S)cc1F. The molecule has 4 rings (SSSR count). The first-order chi connectivity index (χ1) is 14.0. The molecule has 1 fully saturated rings. The van der Waals surface area contributed by atoms with Crippen molar-refractivity contribution in [2.24, 2.45) is 0 Å². The molecule has 0 aromatic heterocycles. The van der Waals surface area contributed by atoms with Gasteiger partial charge in [0.1, 0.15) is 17.2 Å². The third kappa shape index (κ3) is 2.89. The normalized spacial score (nSPS) is 18.3. The molecule has 2 aliphatic heterocycles. The molecule has 0 bridgehead atoms. The average Bonchev–Trinajstić information content (AvgIpc) is 2.86. The van der Waals surface area contributed by atoms with E-state index in [4.69, 9.17) is 12.2 Å². The highest BCUT2D eigenvalue weighted by Crippen LogP contribution is 2.38. The van der Waals surface area contributed by atoms with Gasteiger partial charge in [-0.2, -0.15) is 0 Å². The van der Waals surface area contributed by atoms with Gasteiger partial charge in [-0.1, -0.05) is 6.07 Å². The Bertz CT molecular complexity index is 1090. The molecule has 0 spiro atoms. The summed E-state index contributed by atoms with van der Waals surface area (Å²) in [4.78, 5) is 30.2.